The van der Waals surface area contributed by atoms with E-state index in [9.17, 15) is 8.42 Å². The summed E-state index contributed by atoms with van der Waals surface area (Å²) >= 11 is 0. The SMILES string of the molecule is CN=C(NCCCS(=O)(=O)c1ccccc1)NCc1ncc(C(C)(C)C)o1. The maximum absolute atomic E-state index is 12.2. The number of benzene rings is 1. The van der Waals surface area contributed by atoms with Crippen LogP contribution in [0.2, 0.25) is 0 Å². The number of aliphatic imine (C=N–C) groups is 1. The first-order valence-electron chi connectivity index (χ1n) is 8.90. The highest BCUT2D eigenvalue weighted by atomic mass is 32.2. The molecule has 8 heteroatoms. The van der Waals surface area contributed by atoms with Gasteiger partial charge in [0, 0.05) is 19.0 Å². The molecule has 0 saturated carbocycles. The van der Waals surface area contributed by atoms with Gasteiger partial charge >= 0.3 is 0 Å². The van der Waals surface area contributed by atoms with E-state index in [2.05, 4.69) is 41.4 Å². The number of sulfone groups is 1. The Hall–Kier alpha value is -2.35. The van der Waals surface area contributed by atoms with E-state index in [1.807, 2.05) is 0 Å². The third kappa shape index (κ3) is 6.39. The molecule has 0 saturated heterocycles. The molecule has 0 fully saturated rings. The quantitative estimate of drug-likeness (QED) is 0.427. The molecule has 0 atom stereocenters. The lowest BCUT2D eigenvalue weighted by molar-refractivity contribution is 0.379. The molecule has 0 spiro atoms. The fourth-order valence-corrected chi connectivity index (χ4v) is 3.67. The van der Waals surface area contributed by atoms with Gasteiger partial charge in [0.1, 0.15) is 5.76 Å². The third-order valence-corrected chi connectivity index (χ3v) is 5.72. The zero-order valence-electron chi connectivity index (χ0n) is 16.3. The van der Waals surface area contributed by atoms with Gasteiger partial charge < -0.3 is 15.1 Å². The Balaban J connectivity index is 1.77. The smallest absolute Gasteiger partial charge is 0.213 e. The monoisotopic (exact) mass is 392 g/mol. The first-order valence-corrected chi connectivity index (χ1v) is 10.5. The molecule has 0 amide bonds. The number of nitrogens with one attached hydrogen (secondary N) is 2. The summed E-state index contributed by atoms with van der Waals surface area (Å²) in [5, 5.41) is 6.22. The molecule has 0 unspecified atom stereocenters. The topological polar surface area (TPSA) is 96.6 Å². The molecule has 2 rings (SSSR count). The molecule has 2 N–H and O–H groups in total. The number of hydrogen-bond donors (Lipinski definition) is 2. The molecule has 27 heavy (non-hydrogen) atoms. The first-order chi connectivity index (χ1) is 12.7. The Kier molecular flexibility index (Phi) is 7.01. The van der Waals surface area contributed by atoms with Gasteiger partial charge in [-0.15, -0.1) is 0 Å². The second kappa shape index (κ2) is 9.03. The van der Waals surface area contributed by atoms with E-state index in [0.29, 0.717) is 36.3 Å². The molecule has 1 heterocycles. The van der Waals surface area contributed by atoms with Gasteiger partial charge in [0.05, 0.1) is 23.4 Å². The summed E-state index contributed by atoms with van der Waals surface area (Å²) in [6.45, 7) is 7.08. The Morgan fingerprint density at radius 2 is 1.89 bits per heavy atom. The van der Waals surface area contributed by atoms with Crippen molar-refractivity contribution in [3.63, 3.8) is 0 Å². The van der Waals surface area contributed by atoms with Gasteiger partial charge in [-0.3, -0.25) is 4.99 Å². The van der Waals surface area contributed by atoms with Crippen molar-refractivity contribution in [2.45, 2.75) is 44.0 Å². The van der Waals surface area contributed by atoms with E-state index in [4.69, 9.17) is 4.42 Å². The molecular formula is C19H28N4O3S. The van der Waals surface area contributed by atoms with E-state index >= 15 is 0 Å². The van der Waals surface area contributed by atoms with Crippen LogP contribution in [0.5, 0.6) is 0 Å². The minimum absolute atomic E-state index is 0.0791. The van der Waals surface area contributed by atoms with Gasteiger partial charge in [-0.25, -0.2) is 13.4 Å². The molecule has 0 aliphatic rings. The predicted molar refractivity (Wildman–Crippen MR) is 107 cm³/mol. The van der Waals surface area contributed by atoms with Crippen molar-refractivity contribution in [1.29, 1.82) is 0 Å². The molecule has 0 bridgehead atoms. The maximum Gasteiger partial charge on any atom is 0.213 e. The second-order valence-electron chi connectivity index (χ2n) is 7.21. The summed E-state index contributed by atoms with van der Waals surface area (Å²) in [6.07, 6.45) is 2.22. The average molecular weight is 393 g/mol. The van der Waals surface area contributed by atoms with Gasteiger partial charge in [0.2, 0.25) is 5.89 Å². The van der Waals surface area contributed by atoms with Crippen LogP contribution in [0.4, 0.5) is 0 Å². The number of aromatic nitrogens is 1. The van der Waals surface area contributed by atoms with Crippen LogP contribution in [0.1, 0.15) is 38.8 Å². The van der Waals surface area contributed by atoms with Crippen LogP contribution < -0.4 is 10.6 Å². The summed E-state index contributed by atoms with van der Waals surface area (Å²) in [4.78, 5) is 8.74. The van der Waals surface area contributed by atoms with E-state index in [1.54, 1.807) is 43.6 Å². The standard InChI is InChI=1S/C19H28N4O3S/c1-19(2,3)16-13-22-17(26-16)14-23-18(20-4)21-11-8-12-27(24,25)15-9-6-5-7-10-15/h5-7,9-10,13H,8,11-12,14H2,1-4H3,(H2,20,21,23). The molecule has 2 aromatic rings. The minimum atomic E-state index is -3.26. The van der Waals surface area contributed by atoms with Crippen molar-refractivity contribution >= 4 is 15.8 Å². The summed E-state index contributed by atoms with van der Waals surface area (Å²) in [5.74, 6) is 2.06. The van der Waals surface area contributed by atoms with E-state index in [-0.39, 0.29) is 11.2 Å². The summed E-state index contributed by atoms with van der Waals surface area (Å²) in [7, 11) is -1.60. The predicted octanol–water partition coefficient (Wildman–Crippen LogP) is 2.50. The Morgan fingerprint density at radius 3 is 2.48 bits per heavy atom. The van der Waals surface area contributed by atoms with Crippen LogP contribution >= 0.6 is 0 Å². The van der Waals surface area contributed by atoms with Crippen LogP contribution in [0.25, 0.3) is 0 Å². The van der Waals surface area contributed by atoms with Gasteiger partial charge in [0.25, 0.3) is 0 Å². The van der Waals surface area contributed by atoms with Gasteiger partial charge in [-0.05, 0) is 18.6 Å². The number of nitrogens with zero attached hydrogens (tertiary/aromatic N) is 2. The summed E-state index contributed by atoms with van der Waals surface area (Å²) in [6, 6.07) is 8.49. The summed E-state index contributed by atoms with van der Waals surface area (Å²) < 4.78 is 30.2. The highest BCUT2D eigenvalue weighted by Crippen LogP contribution is 2.22. The molecule has 148 valence electrons. The largest absolute Gasteiger partial charge is 0.443 e. The van der Waals surface area contributed by atoms with Crippen LogP contribution in [0.3, 0.4) is 0 Å². The minimum Gasteiger partial charge on any atom is -0.443 e. The van der Waals surface area contributed by atoms with Crippen LogP contribution in [0.15, 0.2) is 50.8 Å². The Labute approximate surface area is 161 Å². The fraction of sp³-hybridized carbons (Fsp3) is 0.474. The summed E-state index contributed by atoms with van der Waals surface area (Å²) in [5.41, 5.74) is -0.0879. The van der Waals surface area contributed by atoms with Gasteiger partial charge in [-0.1, -0.05) is 39.0 Å². The van der Waals surface area contributed by atoms with Gasteiger partial charge in [0.15, 0.2) is 15.8 Å². The molecule has 7 nitrogen and oxygen atoms in total. The molecule has 0 aliphatic heterocycles. The van der Waals surface area contributed by atoms with Crippen molar-refractivity contribution in [1.82, 2.24) is 15.6 Å². The zero-order chi connectivity index (χ0) is 19.9. The lowest BCUT2D eigenvalue weighted by Crippen LogP contribution is -2.37. The van der Waals surface area contributed by atoms with E-state index in [0.717, 1.165) is 5.76 Å². The zero-order valence-corrected chi connectivity index (χ0v) is 17.1. The van der Waals surface area contributed by atoms with Gasteiger partial charge in [-0.2, -0.15) is 0 Å². The maximum atomic E-state index is 12.2. The number of hydrogen-bond acceptors (Lipinski definition) is 5. The third-order valence-electron chi connectivity index (χ3n) is 3.91. The van der Waals surface area contributed by atoms with Crippen molar-refractivity contribution in [2.75, 3.05) is 19.3 Å². The highest BCUT2D eigenvalue weighted by Gasteiger charge is 2.19. The number of oxazole rings is 1. The fourth-order valence-electron chi connectivity index (χ4n) is 2.33. The first kappa shape index (κ1) is 21.0. The van der Waals surface area contributed by atoms with Crippen LogP contribution in [-0.4, -0.2) is 38.7 Å². The van der Waals surface area contributed by atoms with Crippen molar-refractivity contribution in [2.24, 2.45) is 4.99 Å². The van der Waals surface area contributed by atoms with Crippen LogP contribution in [-0.2, 0) is 21.8 Å². The molecule has 0 radical (unpaired) electrons. The van der Waals surface area contributed by atoms with E-state index in [1.165, 1.54) is 0 Å². The Morgan fingerprint density at radius 1 is 1.19 bits per heavy atom. The lowest BCUT2D eigenvalue weighted by atomic mass is 9.94. The number of guanidine groups is 1. The van der Waals surface area contributed by atoms with Crippen molar-refractivity contribution in [3.8, 4) is 0 Å². The second-order valence-corrected chi connectivity index (χ2v) is 9.32. The normalized spacial score (nSPS) is 12.8. The molecule has 0 aliphatic carbocycles. The highest BCUT2D eigenvalue weighted by molar-refractivity contribution is 7.91. The number of rotatable bonds is 7. The van der Waals surface area contributed by atoms with Crippen molar-refractivity contribution in [3.05, 3.63) is 48.2 Å². The van der Waals surface area contributed by atoms with Crippen molar-refractivity contribution < 1.29 is 12.8 Å². The average Bonchev–Trinajstić information content (AvgIpc) is 3.11. The van der Waals surface area contributed by atoms with E-state index < -0.39 is 9.84 Å². The molecule has 1 aromatic carbocycles. The molecule has 1 aromatic heterocycles. The molecular weight excluding hydrogens is 364 g/mol. The Bertz CT molecular complexity index is 853. The van der Waals surface area contributed by atoms with Crippen LogP contribution in [0, 0.1) is 0 Å². The lowest BCUT2D eigenvalue weighted by Gasteiger charge is -2.13.